The molecule has 0 spiro atoms. The molecule has 5 heteroatoms. The summed E-state index contributed by atoms with van der Waals surface area (Å²) in [6.07, 6.45) is 0.918. The second-order valence-corrected chi connectivity index (χ2v) is 6.60. The molecule has 3 fully saturated rings. The second kappa shape index (κ2) is 2.31. The van der Waals surface area contributed by atoms with Crippen molar-refractivity contribution in [1.82, 2.24) is 4.72 Å². The Morgan fingerprint density at radius 3 is 2.79 bits per heavy atom. The predicted octanol–water partition coefficient (Wildman–Crippen LogP) is 0.0822. The van der Waals surface area contributed by atoms with Crippen LogP contribution in [0.15, 0.2) is 0 Å². The highest BCUT2D eigenvalue weighted by molar-refractivity contribution is 7.90. The van der Waals surface area contributed by atoms with Crippen LogP contribution in [-0.4, -0.2) is 19.7 Å². The Bertz CT molecular complexity index is 425. The van der Waals surface area contributed by atoms with Gasteiger partial charge in [0.25, 0.3) is 0 Å². The smallest absolute Gasteiger partial charge is 0.212 e. The van der Waals surface area contributed by atoms with Crippen LogP contribution < -0.4 is 4.72 Å². The molecule has 0 aromatic rings. The first-order chi connectivity index (χ1) is 6.56. The fourth-order valence-electron chi connectivity index (χ4n) is 3.71. The third-order valence-corrected chi connectivity index (χ3v) is 6.25. The minimum atomic E-state index is -3.20. The van der Waals surface area contributed by atoms with Gasteiger partial charge in [0.05, 0.1) is 17.2 Å². The summed E-state index contributed by atoms with van der Waals surface area (Å²) < 4.78 is 26.2. The lowest BCUT2D eigenvalue weighted by Gasteiger charge is -2.25. The Kier molecular flexibility index (Phi) is 1.43. The number of nitrogens with zero attached hydrogens (tertiary/aromatic N) is 1. The molecule has 1 aliphatic heterocycles. The summed E-state index contributed by atoms with van der Waals surface area (Å²) in [5.74, 6) is 0.554. The highest BCUT2D eigenvalue weighted by Gasteiger charge is 2.66. The molecule has 0 radical (unpaired) electrons. The van der Waals surface area contributed by atoms with Gasteiger partial charge in [-0.15, -0.1) is 0 Å². The lowest BCUT2D eigenvalue weighted by molar-refractivity contribution is 0.280. The quantitative estimate of drug-likeness (QED) is 0.618. The third-order valence-electron chi connectivity index (χ3n) is 4.29. The fraction of sp³-hybridized carbons (Fsp3) is 0.889. The number of hydrogen-bond acceptors (Lipinski definition) is 3. The van der Waals surface area contributed by atoms with Crippen LogP contribution in [0.4, 0.5) is 0 Å². The van der Waals surface area contributed by atoms with E-state index in [9.17, 15) is 8.42 Å². The molecule has 2 bridgehead atoms. The maximum atomic E-state index is 11.7. The van der Waals surface area contributed by atoms with E-state index in [4.69, 9.17) is 5.26 Å². The van der Waals surface area contributed by atoms with E-state index in [1.165, 1.54) is 0 Å². The monoisotopic (exact) mass is 212 g/mol. The van der Waals surface area contributed by atoms with Gasteiger partial charge < -0.3 is 0 Å². The highest BCUT2D eigenvalue weighted by atomic mass is 32.2. The van der Waals surface area contributed by atoms with E-state index in [2.05, 4.69) is 17.7 Å². The van der Waals surface area contributed by atoms with Crippen molar-refractivity contribution in [2.45, 2.75) is 24.6 Å². The van der Waals surface area contributed by atoms with Crippen LogP contribution in [-0.2, 0) is 10.0 Å². The molecule has 1 heterocycles. The number of nitriles is 1. The molecule has 3 rings (SSSR count). The van der Waals surface area contributed by atoms with Crippen molar-refractivity contribution in [2.24, 2.45) is 23.7 Å². The van der Waals surface area contributed by atoms with Gasteiger partial charge in [0, 0.05) is 6.04 Å². The number of rotatable bonds is 0. The van der Waals surface area contributed by atoms with Gasteiger partial charge in [-0.05, 0) is 24.2 Å². The van der Waals surface area contributed by atoms with Crippen molar-refractivity contribution in [1.29, 1.82) is 5.26 Å². The molecule has 0 amide bonds. The van der Waals surface area contributed by atoms with E-state index in [1.54, 1.807) is 0 Å². The number of nitrogens with one attached hydrogen (secondary N) is 1. The summed E-state index contributed by atoms with van der Waals surface area (Å²) >= 11 is 0. The molecule has 3 aliphatic rings. The van der Waals surface area contributed by atoms with E-state index < -0.39 is 15.3 Å². The zero-order valence-corrected chi connectivity index (χ0v) is 8.66. The zero-order valence-electron chi connectivity index (χ0n) is 7.84. The Balaban J connectivity index is 2.15. The predicted molar refractivity (Wildman–Crippen MR) is 49.5 cm³/mol. The highest BCUT2D eigenvalue weighted by Crippen LogP contribution is 2.57. The Hall–Kier alpha value is -0.600. The number of sulfonamides is 1. The van der Waals surface area contributed by atoms with Crippen LogP contribution in [0.1, 0.15) is 13.3 Å². The van der Waals surface area contributed by atoms with Gasteiger partial charge in [-0.1, -0.05) is 6.92 Å². The van der Waals surface area contributed by atoms with E-state index in [-0.39, 0.29) is 17.9 Å². The first-order valence-corrected chi connectivity index (χ1v) is 6.51. The van der Waals surface area contributed by atoms with Gasteiger partial charge >= 0.3 is 0 Å². The third kappa shape index (κ3) is 0.755. The van der Waals surface area contributed by atoms with Gasteiger partial charge in [-0.25, -0.2) is 13.1 Å². The largest absolute Gasteiger partial charge is 0.216 e. The van der Waals surface area contributed by atoms with Crippen molar-refractivity contribution < 1.29 is 8.42 Å². The van der Waals surface area contributed by atoms with E-state index >= 15 is 0 Å². The van der Waals surface area contributed by atoms with Crippen LogP contribution >= 0.6 is 0 Å². The molecule has 1 N–H and O–H groups in total. The summed E-state index contributed by atoms with van der Waals surface area (Å²) in [5.41, 5.74) is 0. The Morgan fingerprint density at radius 2 is 2.14 bits per heavy atom. The molecule has 2 saturated carbocycles. The van der Waals surface area contributed by atoms with Crippen molar-refractivity contribution in [3.05, 3.63) is 0 Å². The van der Waals surface area contributed by atoms with Gasteiger partial charge in [0.2, 0.25) is 10.0 Å². The zero-order chi connectivity index (χ0) is 10.1. The van der Waals surface area contributed by atoms with Crippen molar-refractivity contribution in [3.8, 4) is 6.07 Å². The standard InChI is InChI=1S/C9H12N2O2S/c1-4-5-2-6-8(4)11-14(12,13)9(6)7(5)3-10/h4-9,11H,2H2,1H3. The number of hydrogen-bond donors (Lipinski definition) is 1. The molecule has 0 aromatic heterocycles. The van der Waals surface area contributed by atoms with E-state index in [0.717, 1.165) is 6.42 Å². The minimum absolute atomic E-state index is 0.111. The maximum Gasteiger partial charge on any atom is 0.216 e. The van der Waals surface area contributed by atoms with Crippen LogP contribution in [0.25, 0.3) is 0 Å². The van der Waals surface area contributed by atoms with Gasteiger partial charge in [0.1, 0.15) is 0 Å². The second-order valence-electron chi connectivity index (χ2n) is 4.73. The molecule has 6 atom stereocenters. The average molecular weight is 212 g/mol. The summed E-state index contributed by atoms with van der Waals surface area (Å²) in [6, 6.07) is 2.30. The molecule has 2 aliphatic carbocycles. The summed E-state index contributed by atoms with van der Waals surface area (Å²) in [5, 5.41) is 8.60. The average Bonchev–Trinajstić information content (AvgIpc) is 2.67. The molecule has 4 nitrogen and oxygen atoms in total. The summed E-state index contributed by atoms with van der Waals surface area (Å²) in [7, 11) is -3.20. The maximum absolute atomic E-state index is 11.7. The first-order valence-electron chi connectivity index (χ1n) is 4.97. The molecular weight excluding hydrogens is 200 g/mol. The topological polar surface area (TPSA) is 70.0 Å². The van der Waals surface area contributed by atoms with Crippen LogP contribution in [0.2, 0.25) is 0 Å². The van der Waals surface area contributed by atoms with E-state index in [0.29, 0.717) is 11.8 Å². The molecule has 6 unspecified atom stereocenters. The van der Waals surface area contributed by atoms with Crippen molar-refractivity contribution in [2.75, 3.05) is 0 Å². The fourth-order valence-corrected chi connectivity index (χ4v) is 6.02. The van der Waals surface area contributed by atoms with Crippen LogP contribution in [0.3, 0.4) is 0 Å². The Labute approximate surface area is 83.3 Å². The Morgan fingerprint density at radius 1 is 1.43 bits per heavy atom. The molecule has 1 saturated heterocycles. The minimum Gasteiger partial charge on any atom is -0.212 e. The van der Waals surface area contributed by atoms with Gasteiger partial charge in [-0.3, -0.25) is 0 Å². The molecule has 76 valence electrons. The van der Waals surface area contributed by atoms with Gasteiger partial charge in [0.15, 0.2) is 0 Å². The van der Waals surface area contributed by atoms with Crippen molar-refractivity contribution in [3.63, 3.8) is 0 Å². The molecule has 0 aromatic carbocycles. The van der Waals surface area contributed by atoms with Crippen LogP contribution in [0, 0.1) is 35.0 Å². The number of fused-ring (bicyclic) bond motifs is 1. The van der Waals surface area contributed by atoms with Crippen LogP contribution in [0.5, 0.6) is 0 Å². The molecule has 14 heavy (non-hydrogen) atoms. The van der Waals surface area contributed by atoms with Crippen molar-refractivity contribution >= 4 is 10.0 Å². The van der Waals surface area contributed by atoms with Gasteiger partial charge in [-0.2, -0.15) is 5.26 Å². The van der Waals surface area contributed by atoms with E-state index in [1.807, 2.05) is 0 Å². The lowest BCUT2D eigenvalue weighted by atomic mass is 9.79. The summed E-state index contributed by atoms with van der Waals surface area (Å²) in [6.45, 7) is 2.06. The SMILES string of the molecule is CC1C2CC3C1NS(=O)(=O)C3C2C#N. The normalized spacial score (nSPS) is 57.4. The molecular formula is C9H12N2O2S. The first kappa shape index (κ1) is 8.69. The lowest BCUT2D eigenvalue weighted by Crippen LogP contribution is -2.35. The summed E-state index contributed by atoms with van der Waals surface area (Å²) in [4.78, 5) is 0.